The van der Waals surface area contributed by atoms with Gasteiger partial charge in [-0.1, -0.05) is 13.8 Å². The molecule has 0 unspecified atom stereocenters. The van der Waals surface area contributed by atoms with E-state index in [2.05, 4.69) is 5.10 Å². The average molecular weight is 401 g/mol. The normalized spacial score (nSPS) is 16.1. The van der Waals surface area contributed by atoms with Gasteiger partial charge in [0.05, 0.1) is 13.2 Å². The highest BCUT2D eigenvalue weighted by atomic mass is 32.2. The molecule has 11 heteroatoms. The molecule has 1 aromatic rings. The van der Waals surface area contributed by atoms with Crippen LogP contribution in [0.4, 0.5) is 0 Å². The topological polar surface area (TPSA) is 105 Å². The maximum atomic E-state index is 12.7. The Hall–Kier alpha value is -1.82. The van der Waals surface area contributed by atoms with Gasteiger partial charge in [-0.25, -0.2) is 4.68 Å². The number of piperazine rings is 1. The van der Waals surface area contributed by atoms with Gasteiger partial charge in [0.15, 0.2) is 0 Å². The molecule has 1 amide bonds. The Morgan fingerprint density at radius 3 is 2.37 bits per heavy atom. The van der Waals surface area contributed by atoms with Gasteiger partial charge in [-0.3, -0.25) is 9.59 Å². The number of carbonyl (C=O) groups excluding carboxylic acids is 1. The van der Waals surface area contributed by atoms with Crippen molar-refractivity contribution in [2.45, 2.75) is 20.4 Å². The van der Waals surface area contributed by atoms with Crippen LogP contribution in [0, 0.1) is 0 Å². The summed E-state index contributed by atoms with van der Waals surface area (Å²) in [7, 11) is -1.99. The average Bonchev–Trinajstić information content (AvgIpc) is 2.67. The van der Waals surface area contributed by atoms with Crippen LogP contribution in [-0.4, -0.2) is 90.6 Å². The fraction of sp³-hybridized carbons (Fsp3) is 0.688. The van der Waals surface area contributed by atoms with E-state index >= 15 is 0 Å². The summed E-state index contributed by atoms with van der Waals surface area (Å²) in [6, 6.07) is 2.70. The molecule has 2 heterocycles. The summed E-state index contributed by atoms with van der Waals surface area (Å²) in [5, 5.41) is 4.10. The molecular formula is C16H27N5O5S. The highest BCUT2D eigenvalue weighted by Gasteiger charge is 2.32. The molecule has 1 aliphatic rings. The fourth-order valence-electron chi connectivity index (χ4n) is 2.90. The van der Waals surface area contributed by atoms with Crippen molar-refractivity contribution in [3.63, 3.8) is 0 Å². The predicted molar refractivity (Wildman–Crippen MR) is 99.7 cm³/mol. The van der Waals surface area contributed by atoms with Crippen LogP contribution in [0.2, 0.25) is 0 Å². The first-order valence-corrected chi connectivity index (χ1v) is 10.4. The molecule has 1 aliphatic heterocycles. The van der Waals surface area contributed by atoms with Gasteiger partial charge in [0, 0.05) is 52.4 Å². The van der Waals surface area contributed by atoms with Gasteiger partial charge >= 0.3 is 0 Å². The highest BCUT2D eigenvalue weighted by molar-refractivity contribution is 7.86. The summed E-state index contributed by atoms with van der Waals surface area (Å²) in [5.74, 6) is -0.318. The summed E-state index contributed by atoms with van der Waals surface area (Å²) in [5.41, 5.74) is -0.149. The van der Waals surface area contributed by atoms with Gasteiger partial charge in [0.2, 0.25) is 0 Å². The van der Waals surface area contributed by atoms with Gasteiger partial charge in [0.25, 0.3) is 21.7 Å². The van der Waals surface area contributed by atoms with Crippen LogP contribution in [0.15, 0.2) is 16.9 Å². The van der Waals surface area contributed by atoms with Crippen LogP contribution in [0.3, 0.4) is 0 Å². The SMILES string of the molecule is CCN(CC)S(=O)(=O)N1CCN(C(=O)c2ccc(=O)n(CCOC)n2)CC1. The molecule has 1 saturated heterocycles. The molecule has 0 aromatic carbocycles. The lowest BCUT2D eigenvalue weighted by Gasteiger charge is -2.36. The quantitative estimate of drug-likeness (QED) is 0.567. The standard InChI is InChI=1S/C16H27N5O5S/c1-4-19(5-2)27(24,25)20-10-8-18(9-11-20)16(23)14-6-7-15(22)21(17-14)12-13-26-3/h6-7H,4-5,8-13H2,1-3H3. The van der Waals surface area contributed by atoms with Crippen molar-refractivity contribution < 1.29 is 17.9 Å². The van der Waals surface area contributed by atoms with Crippen LogP contribution in [0.1, 0.15) is 24.3 Å². The molecule has 1 fully saturated rings. The van der Waals surface area contributed by atoms with Crippen LogP contribution < -0.4 is 5.56 Å². The lowest BCUT2D eigenvalue weighted by atomic mass is 10.3. The van der Waals surface area contributed by atoms with E-state index in [9.17, 15) is 18.0 Å². The summed E-state index contributed by atoms with van der Waals surface area (Å²) < 4.78 is 34.1. The van der Waals surface area contributed by atoms with E-state index < -0.39 is 10.2 Å². The Labute approximate surface area is 159 Å². The molecular weight excluding hydrogens is 374 g/mol. The molecule has 10 nitrogen and oxygen atoms in total. The number of nitrogens with zero attached hydrogens (tertiary/aromatic N) is 5. The number of ether oxygens (including phenoxy) is 1. The smallest absolute Gasteiger partial charge is 0.282 e. The molecule has 0 radical (unpaired) electrons. The van der Waals surface area contributed by atoms with Crippen molar-refractivity contribution in [2.24, 2.45) is 0 Å². The van der Waals surface area contributed by atoms with Crippen LogP contribution in [-0.2, 0) is 21.5 Å². The van der Waals surface area contributed by atoms with E-state index in [0.29, 0.717) is 19.7 Å². The number of rotatable bonds is 8. The molecule has 0 atom stereocenters. The molecule has 1 aromatic heterocycles. The van der Waals surface area contributed by atoms with Crippen LogP contribution >= 0.6 is 0 Å². The first-order valence-electron chi connectivity index (χ1n) is 8.96. The van der Waals surface area contributed by atoms with E-state index in [1.165, 1.54) is 32.5 Å². The fourth-order valence-corrected chi connectivity index (χ4v) is 4.50. The Morgan fingerprint density at radius 1 is 1.19 bits per heavy atom. The Balaban J connectivity index is 2.06. The third-order valence-corrected chi connectivity index (χ3v) is 6.66. The zero-order valence-corrected chi connectivity index (χ0v) is 16.8. The lowest BCUT2D eigenvalue weighted by Crippen LogP contribution is -2.54. The molecule has 0 bridgehead atoms. The van der Waals surface area contributed by atoms with E-state index in [1.807, 2.05) is 0 Å². The highest BCUT2D eigenvalue weighted by Crippen LogP contribution is 2.13. The number of hydrogen-bond acceptors (Lipinski definition) is 6. The van der Waals surface area contributed by atoms with Gasteiger partial charge in [0.1, 0.15) is 5.69 Å². The van der Waals surface area contributed by atoms with Crippen molar-refractivity contribution in [3.8, 4) is 0 Å². The second-order valence-electron chi connectivity index (χ2n) is 6.06. The van der Waals surface area contributed by atoms with Crippen molar-refractivity contribution in [2.75, 3.05) is 53.0 Å². The number of hydrogen-bond donors (Lipinski definition) is 0. The molecule has 2 rings (SSSR count). The van der Waals surface area contributed by atoms with E-state index in [0.717, 1.165) is 0 Å². The minimum atomic E-state index is -3.51. The van der Waals surface area contributed by atoms with Gasteiger partial charge in [-0.05, 0) is 6.07 Å². The predicted octanol–water partition coefficient (Wildman–Crippen LogP) is -0.766. The van der Waals surface area contributed by atoms with E-state index in [4.69, 9.17) is 4.74 Å². The van der Waals surface area contributed by atoms with Crippen molar-refractivity contribution in [1.29, 1.82) is 0 Å². The minimum Gasteiger partial charge on any atom is -0.383 e. The van der Waals surface area contributed by atoms with E-state index in [-0.39, 0.29) is 49.9 Å². The number of amides is 1. The molecule has 152 valence electrons. The second kappa shape index (κ2) is 9.40. The Kier molecular flexibility index (Phi) is 7.48. The van der Waals surface area contributed by atoms with Gasteiger partial charge < -0.3 is 9.64 Å². The van der Waals surface area contributed by atoms with Gasteiger partial charge in [-0.15, -0.1) is 0 Å². The van der Waals surface area contributed by atoms with E-state index in [1.54, 1.807) is 18.7 Å². The molecule has 0 aliphatic carbocycles. The summed E-state index contributed by atoms with van der Waals surface area (Å²) in [6.45, 7) is 5.99. The third kappa shape index (κ3) is 4.92. The Bertz CT molecular complexity index is 798. The molecule has 0 spiro atoms. The van der Waals surface area contributed by atoms with Crippen LogP contribution in [0.5, 0.6) is 0 Å². The van der Waals surface area contributed by atoms with Crippen molar-refractivity contribution in [1.82, 2.24) is 23.3 Å². The largest absolute Gasteiger partial charge is 0.383 e. The van der Waals surface area contributed by atoms with Crippen molar-refractivity contribution in [3.05, 3.63) is 28.2 Å². The molecule has 27 heavy (non-hydrogen) atoms. The number of aromatic nitrogens is 2. The number of carbonyl (C=O) groups is 1. The van der Waals surface area contributed by atoms with Gasteiger partial charge in [-0.2, -0.15) is 22.1 Å². The molecule has 0 N–H and O–H groups in total. The summed E-state index contributed by atoms with van der Waals surface area (Å²) in [6.07, 6.45) is 0. The monoisotopic (exact) mass is 401 g/mol. The lowest BCUT2D eigenvalue weighted by molar-refractivity contribution is 0.0684. The maximum Gasteiger partial charge on any atom is 0.282 e. The number of methoxy groups -OCH3 is 1. The minimum absolute atomic E-state index is 0.158. The first-order chi connectivity index (χ1) is 12.8. The van der Waals surface area contributed by atoms with Crippen molar-refractivity contribution >= 4 is 16.1 Å². The zero-order chi connectivity index (χ0) is 20.0. The Morgan fingerprint density at radius 2 is 1.81 bits per heavy atom. The molecule has 0 saturated carbocycles. The first kappa shape index (κ1) is 21.5. The third-order valence-electron chi connectivity index (χ3n) is 4.48. The van der Waals surface area contributed by atoms with Crippen LogP contribution in [0.25, 0.3) is 0 Å². The summed E-state index contributed by atoms with van der Waals surface area (Å²) >= 11 is 0. The second-order valence-corrected chi connectivity index (χ2v) is 7.98. The summed E-state index contributed by atoms with van der Waals surface area (Å²) in [4.78, 5) is 26.0. The zero-order valence-electron chi connectivity index (χ0n) is 16.0. The maximum absolute atomic E-state index is 12.7.